The summed E-state index contributed by atoms with van der Waals surface area (Å²) in [5.41, 5.74) is 2.66. The van der Waals surface area contributed by atoms with E-state index in [4.69, 9.17) is 5.73 Å². The highest BCUT2D eigenvalue weighted by atomic mass is 19.4. The van der Waals surface area contributed by atoms with Crippen LogP contribution in [0.25, 0.3) is 0 Å². The lowest BCUT2D eigenvalue weighted by atomic mass is 10.1. The molecule has 0 aliphatic heterocycles. The van der Waals surface area contributed by atoms with Gasteiger partial charge in [-0.25, -0.2) is 13.6 Å². The van der Waals surface area contributed by atoms with Crippen molar-refractivity contribution in [2.75, 3.05) is 7.11 Å². The predicted molar refractivity (Wildman–Crippen MR) is 55.1 cm³/mol. The van der Waals surface area contributed by atoms with Crippen molar-refractivity contribution < 1.29 is 36.2 Å². The van der Waals surface area contributed by atoms with Crippen LogP contribution >= 0.6 is 0 Å². The molecule has 0 radical (unpaired) electrons. The van der Waals surface area contributed by atoms with Gasteiger partial charge < -0.3 is 15.2 Å². The number of ether oxygens (including phenoxy) is 2. The maximum absolute atomic E-state index is 12.9. The number of carbonyl (C=O) groups excluding carboxylic acids is 1. The summed E-state index contributed by atoms with van der Waals surface area (Å²) in [5.74, 6) is -2.58. The molecular weight excluding hydrogens is 291 g/mol. The van der Waals surface area contributed by atoms with Gasteiger partial charge in [0.05, 0.1) is 24.6 Å². The summed E-state index contributed by atoms with van der Waals surface area (Å²) in [7, 11) is 0.831. The van der Waals surface area contributed by atoms with E-state index < -0.39 is 47.9 Å². The topological polar surface area (TPSA) is 74.4 Å². The fourth-order valence-electron chi connectivity index (χ4n) is 1.46. The van der Waals surface area contributed by atoms with Gasteiger partial charge in [0, 0.05) is 6.54 Å². The second-order valence-corrected chi connectivity index (χ2v) is 3.40. The number of nitrogens with two attached hydrogens (primary N) is 1. The summed E-state index contributed by atoms with van der Waals surface area (Å²) in [6, 6.07) is 0. The summed E-state index contributed by atoms with van der Waals surface area (Å²) in [6.07, 6.45) is -7.95. The minimum absolute atomic E-state index is 0.421. The number of nitrogens with zero attached hydrogens (tertiary/aromatic N) is 1. The van der Waals surface area contributed by atoms with Crippen LogP contribution in [0, 0.1) is 0 Å². The SMILES string of the molecule is COC(=O)c1c(OC(F)(F)F)cnc(CN)c1C(F)F. The van der Waals surface area contributed by atoms with Gasteiger partial charge in [-0.05, 0) is 0 Å². The summed E-state index contributed by atoms with van der Waals surface area (Å²) in [5, 5.41) is 0. The van der Waals surface area contributed by atoms with Crippen LogP contribution in [0.2, 0.25) is 0 Å². The third-order valence-electron chi connectivity index (χ3n) is 2.19. The molecule has 0 spiro atoms. The zero-order valence-corrected chi connectivity index (χ0v) is 10.0. The molecule has 1 heterocycles. The van der Waals surface area contributed by atoms with Crippen LogP contribution in [0.1, 0.15) is 28.0 Å². The van der Waals surface area contributed by atoms with Gasteiger partial charge in [-0.1, -0.05) is 0 Å². The number of hydrogen-bond acceptors (Lipinski definition) is 5. The number of pyridine rings is 1. The first-order chi connectivity index (χ1) is 9.21. The molecular formula is C10H9F5N2O3. The number of rotatable bonds is 4. The molecule has 0 aromatic carbocycles. The summed E-state index contributed by atoms with van der Waals surface area (Å²) < 4.78 is 70.2. The Balaban J connectivity index is 3.53. The highest BCUT2D eigenvalue weighted by molar-refractivity contribution is 5.94. The number of hydrogen-bond donors (Lipinski definition) is 1. The molecule has 5 nitrogen and oxygen atoms in total. The van der Waals surface area contributed by atoms with Crippen molar-refractivity contribution in [1.82, 2.24) is 4.98 Å². The molecule has 0 saturated heterocycles. The Morgan fingerprint density at radius 3 is 2.45 bits per heavy atom. The van der Waals surface area contributed by atoms with E-state index in [0.717, 1.165) is 7.11 Å². The normalized spacial score (nSPS) is 11.6. The smallest absolute Gasteiger partial charge is 0.465 e. The Hall–Kier alpha value is -1.97. The van der Waals surface area contributed by atoms with Crippen LogP contribution < -0.4 is 10.5 Å². The van der Waals surface area contributed by atoms with E-state index in [0.29, 0.717) is 6.20 Å². The summed E-state index contributed by atoms with van der Waals surface area (Å²) in [4.78, 5) is 14.8. The second kappa shape index (κ2) is 5.99. The fourth-order valence-corrected chi connectivity index (χ4v) is 1.46. The molecule has 2 N–H and O–H groups in total. The van der Waals surface area contributed by atoms with Gasteiger partial charge in [-0.3, -0.25) is 4.98 Å². The van der Waals surface area contributed by atoms with E-state index in [-0.39, 0.29) is 0 Å². The largest absolute Gasteiger partial charge is 0.573 e. The van der Waals surface area contributed by atoms with Gasteiger partial charge in [-0.15, -0.1) is 13.2 Å². The molecule has 0 saturated carbocycles. The molecule has 1 rings (SSSR count). The number of esters is 1. The average molecular weight is 300 g/mol. The first-order valence-corrected chi connectivity index (χ1v) is 5.05. The molecule has 1 aromatic rings. The Kier molecular flexibility index (Phi) is 4.82. The molecule has 20 heavy (non-hydrogen) atoms. The third-order valence-corrected chi connectivity index (χ3v) is 2.19. The maximum atomic E-state index is 12.9. The van der Waals surface area contributed by atoms with E-state index in [1.807, 2.05) is 0 Å². The van der Waals surface area contributed by atoms with Crippen molar-refractivity contribution in [1.29, 1.82) is 0 Å². The highest BCUT2D eigenvalue weighted by Gasteiger charge is 2.36. The zero-order chi connectivity index (χ0) is 15.5. The predicted octanol–water partition coefficient (Wildman–Crippen LogP) is 2.16. The van der Waals surface area contributed by atoms with Gasteiger partial charge in [0.25, 0.3) is 6.43 Å². The molecule has 0 aliphatic rings. The van der Waals surface area contributed by atoms with Crippen LogP contribution in [0.15, 0.2) is 6.20 Å². The van der Waals surface area contributed by atoms with Crippen molar-refractivity contribution in [3.63, 3.8) is 0 Å². The number of halogens is 5. The standard InChI is InChI=1S/C10H9F5N2O3/c1-19-9(18)7-5(20-10(13,14)15)3-17-4(2-16)6(7)8(11)12/h3,8H,2,16H2,1H3. The van der Waals surface area contributed by atoms with Crippen LogP contribution in [0.3, 0.4) is 0 Å². The third kappa shape index (κ3) is 3.53. The van der Waals surface area contributed by atoms with E-state index >= 15 is 0 Å². The van der Waals surface area contributed by atoms with E-state index in [1.54, 1.807) is 0 Å². The Bertz CT molecular complexity index is 504. The lowest BCUT2D eigenvalue weighted by Crippen LogP contribution is -2.22. The Labute approximate surface area is 109 Å². The minimum Gasteiger partial charge on any atom is -0.465 e. The van der Waals surface area contributed by atoms with Crippen molar-refractivity contribution in [2.24, 2.45) is 5.73 Å². The van der Waals surface area contributed by atoms with Crippen molar-refractivity contribution in [3.8, 4) is 5.75 Å². The minimum atomic E-state index is -5.17. The molecule has 0 bridgehead atoms. The average Bonchev–Trinajstić information content (AvgIpc) is 2.35. The van der Waals surface area contributed by atoms with Crippen LogP contribution in [-0.2, 0) is 11.3 Å². The molecule has 0 aliphatic carbocycles. The fraction of sp³-hybridized carbons (Fsp3) is 0.400. The van der Waals surface area contributed by atoms with Crippen LogP contribution in [0.4, 0.5) is 22.0 Å². The van der Waals surface area contributed by atoms with E-state index in [2.05, 4.69) is 14.5 Å². The van der Waals surface area contributed by atoms with Crippen molar-refractivity contribution in [3.05, 3.63) is 23.0 Å². The molecule has 0 unspecified atom stereocenters. The monoisotopic (exact) mass is 300 g/mol. The van der Waals surface area contributed by atoms with Crippen molar-refractivity contribution in [2.45, 2.75) is 19.3 Å². The van der Waals surface area contributed by atoms with E-state index in [1.165, 1.54) is 0 Å². The van der Waals surface area contributed by atoms with Gasteiger partial charge >= 0.3 is 12.3 Å². The number of carbonyl (C=O) groups is 1. The van der Waals surface area contributed by atoms with Gasteiger partial charge in [0.1, 0.15) is 5.56 Å². The van der Waals surface area contributed by atoms with Crippen LogP contribution in [0.5, 0.6) is 5.75 Å². The summed E-state index contributed by atoms with van der Waals surface area (Å²) in [6.45, 7) is -0.490. The van der Waals surface area contributed by atoms with Gasteiger partial charge in [0.15, 0.2) is 5.75 Å². The van der Waals surface area contributed by atoms with Crippen LogP contribution in [-0.4, -0.2) is 24.4 Å². The molecule has 112 valence electrons. The number of methoxy groups -OCH3 is 1. The second-order valence-electron chi connectivity index (χ2n) is 3.40. The quantitative estimate of drug-likeness (QED) is 0.681. The highest BCUT2D eigenvalue weighted by Crippen LogP contribution is 2.34. The molecule has 0 atom stereocenters. The zero-order valence-electron chi connectivity index (χ0n) is 10.0. The molecule has 0 amide bonds. The Morgan fingerprint density at radius 2 is 2.05 bits per heavy atom. The van der Waals surface area contributed by atoms with E-state index in [9.17, 15) is 26.7 Å². The first-order valence-electron chi connectivity index (χ1n) is 5.05. The Morgan fingerprint density at radius 1 is 1.45 bits per heavy atom. The summed E-state index contributed by atoms with van der Waals surface area (Å²) >= 11 is 0. The van der Waals surface area contributed by atoms with Crippen molar-refractivity contribution >= 4 is 5.97 Å². The lowest BCUT2D eigenvalue weighted by molar-refractivity contribution is -0.274. The molecule has 0 fully saturated rings. The van der Waals surface area contributed by atoms with Gasteiger partial charge in [0.2, 0.25) is 0 Å². The lowest BCUT2D eigenvalue weighted by Gasteiger charge is -2.16. The van der Waals surface area contributed by atoms with Gasteiger partial charge in [-0.2, -0.15) is 0 Å². The number of alkyl halides is 5. The molecule has 10 heteroatoms. The first kappa shape index (κ1) is 16.1. The maximum Gasteiger partial charge on any atom is 0.573 e. The number of aromatic nitrogens is 1. The molecule has 1 aromatic heterocycles.